The molecule has 6 nitrogen and oxygen atoms in total. The summed E-state index contributed by atoms with van der Waals surface area (Å²) in [5.41, 5.74) is 8.38. The van der Waals surface area contributed by atoms with Crippen molar-refractivity contribution in [1.29, 1.82) is 0 Å². The standard InChI is InChI=1S/C21H26N4O2/c26-21(18-14-24-25-20(18)16-6-2-1-3-7-16)23-13-15-10-11-19(22-12-15)27-17-8-4-5-9-17/h1-3,6-7,10-12,17-18,20,24-25H,4-5,8-9,13-14H2,(H,23,26). The van der Waals surface area contributed by atoms with Gasteiger partial charge in [-0.1, -0.05) is 36.4 Å². The molecule has 3 N–H and O–H groups in total. The summed E-state index contributed by atoms with van der Waals surface area (Å²) in [4.78, 5) is 17.0. The van der Waals surface area contributed by atoms with E-state index in [1.165, 1.54) is 12.8 Å². The van der Waals surface area contributed by atoms with Crippen LogP contribution < -0.4 is 20.9 Å². The molecule has 4 rings (SSSR count). The fourth-order valence-electron chi connectivity index (χ4n) is 3.80. The molecular formula is C21H26N4O2. The smallest absolute Gasteiger partial charge is 0.226 e. The number of aromatic nitrogens is 1. The lowest BCUT2D eigenvalue weighted by Gasteiger charge is -2.18. The summed E-state index contributed by atoms with van der Waals surface area (Å²) in [6, 6.07) is 13.9. The van der Waals surface area contributed by atoms with E-state index in [0.29, 0.717) is 25.1 Å². The second-order valence-corrected chi connectivity index (χ2v) is 7.27. The lowest BCUT2D eigenvalue weighted by molar-refractivity contribution is -0.125. The van der Waals surface area contributed by atoms with Crippen LogP contribution in [0.25, 0.3) is 0 Å². The second-order valence-electron chi connectivity index (χ2n) is 7.27. The van der Waals surface area contributed by atoms with Crippen LogP contribution in [0.3, 0.4) is 0 Å². The van der Waals surface area contributed by atoms with Crippen LogP contribution in [0.1, 0.15) is 42.9 Å². The fraction of sp³-hybridized carbons (Fsp3) is 0.429. The predicted molar refractivity (Wildman–Crippen MR) is 103 cm³/mol. The molecule has 2 fully saturated rings. The summed E-state index contributed by atoms with van der Waals surface area (Å²) in [7, 11) is 0. The number of carbonyl (C=O) groups is 1. The lowest BCUT2D eigenvalue weighted by Crippen LogP contribution is -2.34. The maximum absolute atomic E-state index is 12.7. The Morgan fingerprint density at radius 1 is 1.15 bits per heavy atom. The van der Waals surface area contributed by atoms with E-state index in [9.17, 15) is 4.79 Å². The van der Waals surface area contributed by atoms with Gasteiger partial charge in [-0.05, 0) is 36.8 Å². The van der Waals surface area contributed by atoms with Gasteiger partial charge in [0.1, 0.15) is 6.10 Å². The minimum Gasteiger partial charge on any atom is -0.474 e. The van der Waals surface area contributed by atoms with E-state index in [0.717, 1.165) is 24.0 Å². The first kappa shape index (κ1) is 17.9. The Kier molecular flexibility index (Phi) is 5.65. The van der Waals surface area contributed by atoms with Crippen LogP contribution in [-0.2, 0) is 11.3 Å². The predicted octanol–water partition coefficient (Wildman–Crippen LogP) is 2.48. The van der Waals surface area contributed by atoms with Crippen LogP contribution in [0.2, 0.25) is 0 Å². The zero-order chi connectivity index (χ0) is 18.5. The van der Waals surface area contributed by atoms with E-state index in [1.54, 1.807) is 6.20 Å². The number of carbonyl (C=O) groups excluding carboxylic acids is 1. The molecule has 0 radical (unpaired) electrons. The van der Waals surface area contributed by atoms with Crippen LogP contribution in [0.15, 0.2) is 48.7 Å². The number of hydrazine groups is 1. The van der Waals surface area contributed by atoms with Gasteiger partial charge in [0, 0.05) is 25.4 Å². The molecule has 0 spiro atoms. The summed E-state index contributed by atoms with van der Waals surface area (Å²) >= 11 is 0. The van der Waals surface area contributed by atoms with Crippen molar-refractivity contribution in [3.05, 3.63) is 59.8 Å². The Labute approximate surface area is 159 Å². The number of nitrogens with one attached hydrogen (secondary N) is 3. The molecule has 6 heteroatoms. The average Bonchev–Trinajstić information content (AvgIpc) is 3.40. The molecule has 0 bridgehead atoms. The van der Waals surface area contributed by atoms with Crippen molar-refractivity contribution < 1.29 is 9.53 Å². The highest BCUT2D eigenvalue weighted by molar-refractivity contribution is 5.80. The van der Waals surface area contributed by atoms with Gasteiger partial charge < -0.3 is 10.1 Å². The van der Waals surface area contributed by atoms with Crippen molar-refractivity contribution in [2.75, 3.05) is 6.54 Å². The number of benzene rings is 1. The Hall–Kier alpha value is -2.44. The number of nitrogens with zero attached hydrogens (tertiary/aromatic N) is 1. The maximum Gasteiger partial charge on any atom is 0.226 e. The number of amides is 1. The molecule has 1 amide bonds. The molecule has 1 saturated heterocycles. The van der Waals surface area contributed by atoms with E-state index in [2.05, 4.69) is 21.2 Å². The van der Waals surface area contributed by atoms with Crippen LogP contribution in [-0.4, -0.2) is 23.5 Å². The van der Waals surface area contributed by atoms with Gasteiger partial charge in [0.2, 0.25) is 11.8 Å². The second kappa shape index (κ2) is 8.50. The molecular weight excluding hydrogens is 340 g/mol. The number of hydrogen-bond acceptors (Lipinski definition) is 5. The molecule has 2 aliphatic rings. The third kappa shape index (κ3) is 4.46. The minimum absolute atomic E-state index is 0.0217. The largest absolute Gasteiger partial charge is 0.474 e. The van der Waals surface area contributed by atoms with Gasteiger partial charge in [-0.2, -0.15) is 0 Å². The molecule has 1 aromatic carbocycles. The van der Waals surface area contributed by atoms with Crippen molar-refractivity contribution in [2.45, 2.75) is 44.4 Å². The Morgan fingerprint density at radius 3 is 2.70 bits per heavy atom. The van der Waals surface area contributed by atoms with Crippen LogP contribution in [0, 0.1) is 5.92 Å². The number of pyridine rings is 1. The SMILES string of the molecule is O=C(NCc1ccc(OC2CCCC2)nc1)C1CNNC1c1ccccc1. The molecule has 2 unspecified atom stereocenters. The molecule has 2 aromatic rings. The lowest BCUT2D eigenvalue weighted by atomic mass is 9.94. The first-order valence-corrected chi connectivity index (χ1v) is 9.72. The van der Waals surface area contributed by atoms with Gasteiger partial charge in [-0.25, -0.2) is 10.4 Å². The highest BCUT2D eigenvalue weighted by Gasteiger charge is 2.33. The highest BCUT2D eigenvalue weighted by Crippen LogP contribution is 2.25. The zero-order valence-corrected chi connectivity index (χ0v) is 15.4. The molecule has 142 valence electrons. The van der Waals surface area contributed by atoms with E-state index in [4.69, 9.17) is 4.74 Å². The summed E-state index contributed by atoms with van der Waals surface area (Å²) in [6.45, 7) is 1.07. The molecule has 1 aliphatic heterocycles. The summed E-state index contributed by atoms with van der Waals surface area (Å²) < 4.78 is 5.89. The van der Waals surface area contributed by atoms with Gasteiger partial charge in [-0.3, -0.25) is 10.2 Å². The van der Waals surface area contributed by atoms with Crippen LogP contribution in [0.4, 0.5) is 0 Å². The molecule has 2 atom stereocenters. The Bertz CT molecular complexity index is 745. The van der Waals surface area contributed by atoms with Gasteiger partial charge in [0.05, 0.1) is 12.0 Å². The fourth-order valence-corrected chi connectivity index (χ4v) is 3.80. The topological polar surface area (TPSA) is 75.3 Å². The van der Waals surface area contributed by atoms with Gasteiger partial charge in [-0.15, -0.1) is 0 Å². The van der Waals surface area contributed by atoms with E-state index in [-0.39, 0.29) is 17.9 Å². The summed E-state index contributed by atoms with van der Waals surface area (Å²) in [5, 5.41) is 3.03. The van der Waals surface area contributed by atoms with Crippen molar-refractivity contribution in [3.63, 3.8) is 0 Å². The maximum atomic E-state index is 12.7. The first-order chi connectivity index (χ1) is 13.3. The average molecular weight is 366 g/mol. The normalized spacial score (nSPS) is 22.7. The number of rotatable bonds is 6. The number of ether oxygens (including phenoxy) is 1. The molecule has 1 saturated carbocycles. The van der Waals surface area contributed by atoms with Crippen LogP contribution >= 0.6 is 0 Å². The summed E-state index contributed by atoms with van der Waals surface area (Å²) in [6.07, 6.45) is 6.80. The number of hydrogen-bond donors (Lipinski definition) is 3. The molecule has 1 aliphatic carbocycles. The zero-order valence-electron chi connectivity index (χ0n) is 15.4. The van der Waals surface area contributed by atoms with E-state index < -0.39 is 0 Å². The van der Waals surface area contributed by atoms with Gasteiger partial charge in [0.25, 0.3) is 0 Å². The van der Waals surface area contributed by atoms with Crippen LogP contribution in [0.5, 0.6) is 5.88 Å². The van der Waals surface area contributed by atoms with E-state index >= 15 is 0 Å². The minimum atomic E-state index is -0.148. The Balaban J connectivity index is 1.30. The van der Waals surface area contributed by atoms with Crippen molar-refractivity contribution >= 4 is 5.91 Å². The third-order valence-corrected chi connectivity index (χ3v) is 5.33. The van der Waals surface area contributed by atoms with E-state index in [1.807, 2.05) is 42.5 Å². The van der Waals surface area contributed by atoms with Crippen molar-refractivity contribution in [3.8, 4) is 5.88 Å². The highest BCUT2D eigenvalue weighted by atomic mass is 16.5. The quantitative estimate of drug-likeness (QED) is 0.732. The van der Waals surface area contributed by atoms with Gasteiger partial charge in [0.15, 0.2) is 0 Å². The summed E-state index contributed by atoms with van der Waals surface area (Å²) in [5.74, 6) is 0.559. The third-order valence-electron chi connectivity index (χ3n) is 5.33. The molecule has 2 heterocycles. The molecule has 27 heavy (non-hydrogen) atoms. The monoisotopic (exact) mass is 366 g/mol. The Morgan fingerprint density at radius 2 is 1.96 bits per heavy atom. The van der Waals surface area contributed by atoms with Crippen molar-refractivity contribution in [1.82, 2.24) is 21.2 Å². The van der Waals surface area contributed by atoms with Gasteiger partial charge >= 0.3 is 0 Å². The first-order valence-electron chi connectivity index (χ1n) is 9.72. The molecule has 1 aromatic heterocycles. The van der Waals surface area contributed by atoms with Crippen molar-refractivity contribution in [2.24, 2.45) is 5.92 Å².